The predicted molar refractivity (Wildman–Crippen MR) is 96.4 cm³/mol. The molecule has 1 aliphatic rings. The van der Waals surface area contributed by atoms with Gasteiger partial charge in [-0.25, -0.2) is 8.78 Å². The maximum atomic E-state index is 13.3. The summed E-state index contributed by atoms with van der Waals surface area (Å²) in [4.78, 5) is 0. The Morgan fingerprint density at radius 2 is 1.83 bits per heavy atom. The van der Waals surface area contributed by atoms with Crippen LogP contribution in [0.5, 0.6) is 0 Å². The zero-order valence-corrected chi connectivity index (χ0v) is 15.2. The summed E-state index contributed by atoms with van der Waals surface area (Å²) >= 11 is 0. The summed E-state index contributed by atoms with van der Waals surface area (Å²) in [5.74, 6) is -1.07. The molecular formula is C17H23Cl2F2N3. The Labute approximate surface area is 153 Å². The number of nitrogens with one attached hydrogen (secondary N) is 1. The van der Waals surface area contributed by atoms with Crippen molar-refractivity contribution < 1.29 is 8.78 Å². The van der Waals surface area contributed by atoms with Gasteiger partial charge >= 0.3 is 0 Å². The lowest BCUT2D eigenvalue weighted by molar-refractivity contribution is 0.432. The molecule has 3 rings (SSSR count). The van der Waals surface area contributed by atoms with Gasteiger partial charge in [0.2, 0.25) is 0 Å². The van der Waals surface area contributed by atoms with Gasteiger partial charge in [0.25, 0.3) is 0 Å². The van der Waals surface area contributed by atoms with Crippen LogP contribution in [0.15, 0.2) is 24.3 Å². The van der Waals surface area contributed by atoms with E-state index in [1.807, 2.05) is 4.68 Å². The zero-order valence-electron chi connectivity index (χ0n) is 13.6. The van der Waals surface area contributed by atoms with Crippen LogP contribution in [-0.4, -0.2) is 22.9 Å². The predicted octanol–water partition coefficient (Wildman–Crippen LogP) is 4.08. The van der Waals surface area contributed by atoms with Crippen molar-refractivity contribution in [3.05, 3.63) is 52.9 Å². The number of hydrogen-bond acceptors (Lipinski definition) is 2. The molecule has 3 nitrogen and oxygen atoms in total. The Bertz CT molecular complexity index is 655. The van der Waals surface area contributed by atoms with Crippen LogP contribution in [0, 0.1) is 11.6 Å². The van der Waals surface area contributed by atoms with E-state index in [2.05, 4.69) is 23.4 Å². The molecule has 7 heteroatoms. The third-order valence-electron chi connectivity index (χ3n) is 4.29. The van der Waals surface area contributed by atoms with Crippen LogP contribution in [0.3, 0.4) is 0 Å². The molecule has 2 heterocycles. The lowest BCUT2D eigenvalue weighted by Gasteiger charge is -2.23. The summed E-state index contributed by atoms with van der Waals surface area (Å²) in [6, 6.07) is 6.17. The molecule has 0 unspecified atom stereocenters. The fourth-order valence-corrected chi connectivity index (χ4v) is 3.13. The van der Waals surface area contributed by atoms with E-state index >= 15 is 0 Å². The maximum Gasteiger partial charge on any atom is 0.159 e. The van der Waals surface area contributed by atoms with E-state index < -0.39 is 11.6 Å². The minimum atomic E-state index is -0.807. The Kier molecular flexibility index (Phi) is 8.13. The summed E-state index contributed by atoms with van der Waals surface area (Å²) in [5, 5.41) is 8.00. The van der Waals surface area contributed by atoms with E-state index in [4.69, 9.17) is 0 Å². The highest BCUT2D eigenvalue weighted by atomic mass is 35.5. The monoisotopic (exact) mass is 377 g/mol. The smallest absolute Gasteiger partial charge is 0.159 e. The first-order chi connectivity index (χ1) is 10.7. The highest BCUT2D eigenvalue weighted by molar-refractivity contribution is 5.85. The van der Waals surface area contributed by atoms with Crippen molar-refractivity contribution in [2.24, 2.45) is 0 Å². The van der Waals surface area contributed by atoms with Crippen molar-refractivity contribution in [2.45, 2.75) is 38.6 Å². The summed E-state index contributed by atoms with van der Waals surface area (Å²) in [5.41, 5.74) is 2.93. The van der Waals surface area contributed by atoms with Gasteiger partial charge in [-0.15, -0.1) is 24.8 Å². The highest BCUT2D eigenvalue weighted by Crippen LogP contribution is 2.26. The molecule has 2 aromatic rings. The maximum absolute atomic E-state index is 13.3. The van der Waals surface area contributed by atoms with Crippen molar-refractivity contribution >= 4 is 24.8 Å². The fourth-order valence-electron chi connectivity index (χ4n) is 3.13. The first kappa shape index (κ1) is 20.9. The van der Waals surface area contributed by atoms with E-state index in [0.717, 1.165) is 43.7 Å². The van der Waals surface area contributed by atoms with Crippen molar-refractivity contribution in [3.8, 4) is 0 Å². The Balaban J connectivity index is 0.00000144. The molecule has 0 radical (unpaired) electrons. The van der Waals surface area contributed by atoms with Crippen LogP contribution in [-0.2, 0) is 13.0 Å². The van der Waals surface area contributed by atoms with Gasteiger partial charge in [-0.2, -0.15) is 5.10 Å². The van der Waals surface area contributed by atoms with Crippen molar-refractivity contribution in [3.63, 3.8) is 0 Å². The zero-order chi connectivity index (χ0) is 15.5. The van der Waals surface area contributed by atoms with E-state index in [9.17, 15) is 8.78 Å². The van der Waals surface area contributed by atoms with Crippen LogP contribution in [0.25, 0.3) is 0 Å². The summed E-state index contributed by atoms with van der Waals surface area (Å²) < 4.78 is 28.4. The molecule has 24 heavy (non-hydrogen) atoms. The van der Waals surface area contributed by atoms with E-state index in [1.54, 1.807) is 6.07 Å². The molecular weight excluding hydrogens is 355 g/mol. The topological polar surface area (TPSA) is 29.9 Å². The molecule has 1 fully saturated rings. The van der Waals surface area contributed by atoms with Gasteiger partial charge in [0, 0.05) is 24.6 Å². The van der Waals surface area contributed by atoms with Crippen LogP contribution in [0.1, 0.15) is 42.6 Å². The van der Waals surface area contributed by atoms with Crippen molar-refractivity contribution in [2.75, 3.05) is 13.1 Å². The third-order valence-corrected chi connectivity index (χ3v) is 4.29. The summed E-state index contributed by atoms with van der Waals surface area (Å²) in [6.45, 7) is 4.99. The number of hydrogen-bond donors (Lipinski definition) is 1. The Morgan fingerprint density at radius 3 is 2.46 bits per heavy atom. The fraction of sp³-hybridized carbons (Fsp3) is 0.471. The first-order valence-electron chi connectivity index (χ1n) is 7.88. The molecule has 0 atom stereocenters. The molecule has 1 saturated heterocycles. The van der Waals surface area contributed by atoms with Gasteiger partial charge in [0.05, 0.1) is 5.69 Å². The van der Waals surface area contributed by atoms with Crippen molar-refractivity contribution in [1.82, 2.24) is 15.1 Å². The lowest BCUT2D eigenvalue weighted by Crippen LogP contribution is -2.27. The highest BCUT2D eigenvalue weighted by Gasteiger charge is 2.20. The average molecular weight is 378 g/mol. The lowest BCUT2D eigenvalue weighted by atomic mass is 9.94. The summed E-state index contributed by atoms with van der Waals surface area (Å²) in [7, 11) is 0. The number of aromatic nitrogens is 2. The second-order valence-corrected chi connectivity index (χ2v) is 5.83. The molecule has 1 aromatic carbocycles. The van der Waals surface area contributed by atoms with E-state index in [1.165, 1.54) is 17.8 Å². The normalized spacial score (nSPS) is 14.8. The molecule has 0 saturated carbocycles. The van der Waals surface area contributed by atoms with E-state index in [-0.39, 0.29) is 24.8 Å². The number of benzene rings is 1. The second kappa shape index (κ2) is 9.35. The van der Waals surface area contributed by atoms with Gasteiger partial charge in [-0.1, -0.05) is 6.07 Å². The molecule has 134 valence electrons. The van der Waals surface area contributed by atoms with Crippen LogP contribution in [0.4, 0.5) is 8.78 Å². The Hall–Kier alpha value is -1.17. The van der Waals surface area contributed by atoms with Crippen LogP contribution >= 0.6 is 24.8 Å². The Morgan fingerprint density at radius 1 is 1.12 bits per heavy atom. The molecule has 0 aliphatic carbocycles. The SMILES string of the molecule is CCn1nc(Cc2ccc(F)c(F)c2)cc1C1CCNCC1.Cl.Cl. The number of rotatable bonds is 4. The molecule has 1 aliphatic heterocycles. The van der Waals surface area contributed by atoms with Crippen LogP contribution < -0.4 is 5.32 Å². The molecule has 0 bridgehead atoms. The van der Waals surface area contributed by atoms with Gasteiger partial charge in [-0.3, -0.25) is 4.68 Å². The molecule has 0 amide bonds. The minimum Gasteiger partial charge on any atom is -0.317 e. The van der Waals surface area contributed by atoms with Crippen LogP contribution in [0.2, 0.25) is 0 Å². The van der Waals surface area contributed by atoms with Gasteiger partial charge in [0.15, 0.2) is 11.6 Å². The van der Waals surface area contributed by atoms with Gasteiger partial charge < -0.3 is 5.32 Å². The minimum absolute atomic E-state index is 0. The van der Waals surface area contributed by atoms with Crippen molar-refractivity contribution in [1.29, 1.82) is 0 Å². The number of piperidine rings is 1. The quantitative estimate of drug-likeness (QED) is 0.869. The number of aryl methyl sites for hydroxylation is 1. The third kappa shape index (κ3) is 4.68. The summed E-state index contributed by atoms with van der Waals surface area (Å²) in [6.07, 6.45) is 2.77. The molecule has 1 aromatic heterocycles. The average Bonchev–Trinajstić information content (AvgIpc) is 2.95. The largest absolute Gasteiger partial charge is 0.317 e. The number of halogens is 4. The molecule has 1 N–H and O–H groups in total. The number of nitrogens with zero attached hydrogens (tertiary/aromatic N) is 2. The van der Waals surface area contributed by atoms with Gasteiger partial charge in [0.1, 0.15) is 0 Å². The first-order valence-corrected chi connectivity index (χ1v) is 7.88. The van der Waals surface area contributed by atoms with E-state index in [0.29, 0.717) is 12.3 Å². The molecule has 0 spiro atoms. The van der Waals surface area contributed by atoms with Gasteiger partial charge in [-0.05, 0) is 56.6 Å². The second-order valence-electron chi connectivity index (χ2n) is 5.83. The standard InChI is InChI=1S/C17H21F2N3.2ClH/c1-2-22-17(13-5-7-20-8-6-13)11-14(21-22)9-12-3-4-15(18)16(19)10-12;;/h3-4,10-11,13,20H,2,5-9H2,1H3;2*1H.